The summed E-state index contributed by atoms with van der Waals surface area (Å²) in [7, 11) is 0. The fraction of sp³-hybridized carbons (Fsp3) is 0.364. The first kappa shape index (κ1) is 9.78. The van der Waals surface area contributed by atoms with E-state index in [9.17, 15) is 0 Å². The molecule has 0 aromatic heterocycles. The Balaban J connectivity index is 2.28. The quantitative estimate of drug-likeness (QED) is 0.280. The molecule has 0 saturated heterocycles. The third-order valence-electron chi connectivity index (χ3n) is 1.84. The highest BCUT2D eigenvalue weighted by atomic mass is 16.6. The van der Waals surface area contributed by atoms with Gasteiger partial charge in [0.2, 0.25) is 0 Å². The first-order valence-electron chi connectivity index (χ1n) is 4.44. The normalized spacial score (nSPS) is 21.6. The molecule has 0 saturated carbocycles. The molecule has 0 amide bonds. The molecular formula is C11H15NO. The molecule has 0 N–H and O–H groups in total. The molecule has 0 fully saturated rings. The second-order valence-corrected chi connectivity index (χ2v) is 3.05. The molecule has 0 aromatic rings. The van der Waals surface area contributed by atoms with Crippen LogP contribution < -0.4 is 0 Å². The Kier molecular flexibility index (Phi) is 4.03. The van der Waals surface area contributed by atoms with Crippen molar-refractivity contribution in [2.75, 3.05) is 6.61 Å². The lowest BCUT2D eigenvalue weighted by molar-refractivity contribution is 0.175. The number of allylic oxidation sites excluding steroid dienone is 4. The van der Waals surface area contributed by atoms with Crippen LogP contribution in [0.25, 0.3) is 0 Å². The van der Waals surface area contributed by atoms with Crippen LogP contribution in [0.5, 0.6) is 0 Å². The summed E-state index contributed by atoms with van der Waals surface area (Å²) in [6.07, 6.45) is 11.0. The summed E-state index contributed by atoms with van der Waals surface area (Å²) >= 11 is 0. The number of rotatable bonds is 4. The molecule has 1 aliphatic carbocycles. The van der Waals surface area contributed by atoms with Gasteiger partial charge in [0, 0.05) is 5.92 Å². The van der Waals surface area contributed by atoms with Crippen LogP contribution in [0.3, 0.4) is 0 Å². The van der Waals surface area contributed by atoms with Crippen molar-refractivity contribution in [3.8, 4) is 0 Å². The van der Waals surface area contributed by atoms with Crippen molar-refractivity contribution in [1.29, 1.82) is 0 Å². The third kappa shape index (κ3) is 3.74. The average Bonchev–Trinajstić information content (AvgIpc) is 2.15. The van der Waals surface area contributed by atoms with E-state index < -0.39 is 0 Å². The first-order valence-corrected chi connectivity index (χ1v) is 4.44. The largest absolute Gasteiger partial charge is 0.392 e. The van der Waals surface area contributed by atoms with E-state index in [0.717, 1.165) is 6.42 Å². The highest BCUT2D eigenvalue weighted by Crippen LogP contribution is 2.13. The standard InChI is InChI=1S/C11H15NO/c1-3-8-13-12-9-11-6-4-10(2)5-7-11/h3-6,9,11H,1,7-8H2,2H3/b12-9+. The van der Waals surface area contributed by atoms with E-state index in [0.29, 0.717) is 12.5 Å². The van der Waals surface area contributed by atoms with Crippen molar-refractivity contribution in [2.24, 2.45) is 11.1 Å². The lowest BCUT2D eigenvalue weighted by Crippen LogP contribution is -2.00. The van der Waals surface area contributed by atoms with E-state index in [1.54, 1.807) is 6.08 Å². The monoisotopic (exact) mass is 177 g/mol. The number of oxime groups is 1. The van der Waals surface area contributed by atoms with Gasteiger partial charge in [-0.2, -0.15) is 0 Å². The molecule has 0 aliphatic heterocycles. The van der Waals surface area contributed by atoms with Crippen LogP contribution in [0.4, 0.5) is 0 Å². The predicted molar refractivity (Wildman–Crippen MR) is 55.6 cm³/mol. The van der Waals surface area contributed by atoms with Gasteiger partial charge in [-0.25, -0.2) is 0 Å². The fourth-order valence-corrected chi connectivity index (χ4v) is 1.07. The summed E-state index contributed by atoms with van der Waals surface area (Å²) in [6.45, 7) is 6.10. The van der Waals surface area contributed by atoms with Gasteiger partial charge in [-0.1, -0.05) is 41.6 Å². The van der Waals surface area contributed by atoms with Crippen molar-refractivity contribution in [2.45, 2.75) is 13.3 Å². The van der Waals surface area contributed by atoms with Gasteiger partial charge in [-0.05, 0) is 13.3 Å². The van der Waals surface area contributed by atoms with Gasteiger partial charge >= 0.3 is 0 Å². The molecule has 70 valence electrons. The lowest BCUT2D eigenvalue weighted by atomic mass is 9.99. The summed E-state index contributed by atoms with van der Waals surface area (Å²) in [4.78, 5) is 4.91. The summed E-state index contributed by atoms with van der Waals surface area (Å²) in [6, 6.07) is 0. The zero-order valence-electron chi connectivity index (χ0n) is 7.94. The van der Waals surface area contributed by atoms with E-state index in [1.807, 2.05) is 6.21 Å². The molecule has 1 aliphatic rings. The Hall–Kier alpha value is -1.31. The van der Waals surface area contributed by atoms with Crippen molar-refractivity contribution < 1.29 is 4.84 Å². The summed E-state index contributed by atoms with van der Waals surface area (Å²) in [5, 5.41) is 3.83. The smallest absolute Gasteiger partial charge is 0.135 e. The Morgan fingerprint density at radius 1 is 1.77 bits per heavy atom. The molecule has 1 atom stereocenters. The summed E-state index contributed by atoms with van der Waals surface area (Å²) in [5.74, 6) is 0.383. The van der Waals surface area contributed by atoms with Gasteiger partial charge in [0.05, 0.1) is 6.21 Å². The second-order valence-electron chi connectivity index (χ2n) is 3.05. The first-order chi connectivity index (χ1) is 6.33. The number of hydrogen-bond acceptors (Lipinski definition) is 2. The Morgan fingerprint density at radius 3 is 3.23 bits per heavy atom. The Bertz CT molecular complexity index is 251. The molecule has 0 radical (unpaired) electrons. The van der Waals surface area contributed by atoms with Crippen molar-refractivity contribution >= 4 is 6.21 Å². The molecule has 0 spiro atoms. The van der Waals surface area contributed by atoms with Crippen LogP contribution in [0.15, 0.2) is 41.6 Å². The van der Waals surface area contributed by atoms with Crippen LogP contribution in [-0.4, -0.2) is 12.8 Å². The molecule has 2 nitrogen and oxygen atoms in total. The minimum atomic E-state index is 0.383. The van der Waals surface area contributed by atoms with Crippen molar-refractivity contribution in [3.63, 3.8) is 0 Å². The van der Waals surface area contributed by atoms with Gasteiger partial charge in [0.1, 0.15) is 6.61 Å². The van der Waals surface area contributed by atoms with Crippen LogP contribution in [-0.2, 0) is 4.84 Å². The summed E-state index contributed by atoms with van der Waals surface area (Å²) in [5.41, 5.74) is 1.32. The van der Waals surface area contributed by atoms with E-state index in [2.05, 4.69) is 36.9 Å². The maximum atomic E-state index is 4.91. The molecule has 1 rings (SSSR count). The fourth-order valence-electron chi connectivity index (χ4n) is 1.07. The van der Waals surface area contributed by atoms with Crippen molar-refractivity contribution in [3.05, 3.63) is 36.5 Å². The van der Waals surface area contributed by atoms with E-state index in [4.69, 9.17) is 4.84 Å². The molecule has 0 bridgehead atoms. The van der Waals surface area contributed by atoms with Gasteiger partial charge in [-0.15, -0.1) is 0 Å². The van der Waals surface area contributed by atoms with Crippen LogP contribution in [0.1, 0.15) is 13.3 Å². The topological polar surface area (TPSA) is 21.6 Å². The molecule has 2 heteroatoms. The number of nitrogens with zero attached hydrogens (tertiary/aromatic N) is 1. The van der Waals surface area contributed by atoms with Gasteiger partial charge < -0.3 is 4.84 Å². The minimum Gasteiger partial charge on any atom is -0.392 e. The SMILES string of the molecule is C=CCO/N=C/C1C=CC(C)=CC1. The predicted octanol–water partition coefficient (Wildman–Crippen LogP) is 2.70. The maximum Gasteiger partial charge on any atom is 0.135 e. The number of hydrogen-bond donors (Lipinski definition) is 0. The van der Waals surface area contributed by atoms with Crippen LogP contribution in [0.2, 0.25) is 0 Å². The lowest BCUT2D eigenvalue weighted by Gasteiger charge is -2.08. The highest BCUT2D eigenvalue weighted by Gasteiger charge is 2.03. The van der Waals surface area contributed by atoms with Gasteiger partial charge in [0.15, 0.2) is 0 Å². The van der Waals surface area contributed by atoms with E-state index >= 15 is 0 Å². The van der Waals surface area contributed by atoms with Gasteiger partial charge in [0.25, 0.3) is 0 Å². The Labute approximate surface area is 79.3 Å². The van der Waals surface area contributed by atoms with Gasteiger partial charge in [-0.3, -0.25) is 0 Å². The molecule has 0 aromatic carbocycles. The summed E-state index contributed by atoms with van der Waals surface area (Å²) < 4.78 is 0. The Morgan fingerprint density at radius 2 is 2.62 bits per heavy atom. The minimum absolute atomic E-state index is 0.383. The zero-order chi connectivity index (χ0) is 9.52. The average molecular weight is 177 g/mol. The van der Waals surface area contributed by atoms with Crippen molar-refractivity contribution in [1.82, 2.24) is 0 Å². The van der Waals surface area contributed by atoms with E-state index in [1.165, 1.54) is 5.57 Å². The molecule has 1 unspecified atom stereocenters. The van der Waals surface area contributed by atoms with Crippen LogP contribution >= 0.6 is 0 Å². The molecule has 13 heavy (non-hydrogen) atoms. The van der Waals surface area contributed by atoms with Crippen LogP contribution in [0, 0.1) is 5.92 Å². The highest BCUT2D eigenvalue weighted by molar-refractivity contribution is 5.63. The second kappa shape index (κ2) is 5.36. The maximum absolute atomic E-state index is 4.91. The zero-order valence-corrected chi connectivity index (χ0v) is 7.94. The molecular weight excluding hydrogens is 162 g/mol. The van der Waals surface area contributed by atoms with E-state index in [-0.39, 0.29) is 0 Å². The molecule has 0 heterocycles. The third-order valence-corrected chi connectivity index (χ3v) is 1.84.